The molecule has 0 saturated carbocycles. The lowest BCUT2D eigenvalue weighted by Gasteiger charge is -2.40. The molecule has 0 bridgehead atoms. The minimum absolute atomic E-state index is 0.143. The van der Waals surface area contributed by atoms with Gasteiger partial charge in [0.15, 0.2) is 12.4 Å². The first kappa shape index (κ1) is 15.4. The van der Waals surface area contributed by atoms with E-state index >= 15 is 0 Å². The maximum absolute atomic E-state index is 6.15. The highest BCUT2D eigenvalue weighted by atomic mass is 16.7. The van der Waals surface area contributed by atoms with Gasteiger partial charge in [0.05, 0.1) is 19.5 Å². The summed E-state index contributed by atoms with van der Waals surface area (Å²) in [5.41, 5.74) is 2.15. The molecule has 4 atom stereocenters. The van der Waals surface area contributed by atoms with Gasteiger partial charge in [-0.25, -0.2) is 0 Å². The molecule has 0 aliphatic carbocycles. The molecule has 0 aromatic heterocycles. The quantitative estimate of drug-likeness (QED) is 0.861. The Morgan fingerprint density at radius 3 is 2.50 bits per heavy atom. The van der Waals surface area contributed by atoms with Crippen molar-refractivity contribution < 1.29 is 18.9 Å². The third-order valence-corrected chi connectivity index (χ3v) is 4.26. The van der Waals surface area contributed by atoms with Crippen LogP contribution in [0.1, 0.15) is 17.4 Å². The number of fused-ring (bicyclic) bond motifs is 1. The molecule has 0 N–H and O–H groups in total. The average molecular weight is 324 g/mol. The van der Waals surface area contributed by atoms with E-state index in [1.165, 1.54) is 0 Å². The van der Waals surface area contributed by atoms with E-state index in [0.717, 1.165) is 11.1 Å². The van der Waals surface area contributed by atoms with Crippen molar-refractivity contribution in [2.24, 2.45) is 0 Å². The normalized spacial score (nSPS) is 28.8. The minimum Gasteiger partial charge on any atom is -0.493 e. The summed E-state index contributed by atoms with van der Waals surface area (Å²) in [4.78, 5) is 0. The lowest BCUT2D eigenvalue weighted by Crippen LogP contribution is -2.50. The van der Waals surface area contributed by atoms with Crippen molar-refractivity contribution in [2.75, 3.05) is 6.61 Å². The summed E-state index contributed by atoms with van der Waals surface area (Å²) in [5.74, 6) is 0. The molecule has 4 nitrogen and oxygen atoms in total. The van der Waals surface area contributed by atoms with Crippen molar-refractivity contribution >= 4 is 0 Å². The largest absolute Gasteiger partial charge is 0.493 e. The highest BCUT2D eigenvalue weighted by molar-refractivity contribution is 5.17. The van der Waals surface area contributed by atoms with E-state index in [9.17, 15) is 0 Å². The van der Waals surface area contributed by atoms with Crippen LogP contribution >= 0.6 is 0 Å². The molecule has 24 heavy (non-hydrogen) atoms. The lowest BCUT2D eigenvalue weighted by molar-refractivity contribution is -0.281. The lowest BCUT2D eigenvalue weighted by atomic mass is 10.0. The molecule has 2 aromatic carbocycles. The summed E-state index contributed by atoms with van der Waals surface area (Å²) < 4.78 is 23.7. The van der Waals surface area contributed by atoms with Crippen LogP contribution in [0.3, 0.4) is 0 Å². The summed E-state index contributed by atoms with van der Waals surface area (Å²) in [6, 6.07) is 20.1. The Balaban J connectivity index is 1.45. The van der Waals surface area contributed by atoms with Crippen LogP contribution in [-0.2, 0) is 25.6 Å². The molecule has 0 amide bonds. The second-order valence-corrected chi connectivity index (χ2v) is 5.94. The van der Waals surface area contributed by atoms with E-state index in [1.54, 1.807) is 6.26 Å². The van der Waals surface area contributed by atoms with Gasteiger partial charge in [-0.05, 0) is 11.6 Å². The van der Waals surface area contributed by atoms with Gasteiger partial charge in [0.2, 0.25) is 0 Å². The van der Waals surface area contributed by atoms with Gasteiger partial charge in [-0.3, -0.25) is 0 Å². The SMILES string of the molecule is C1=C[C@H](OCc2ccccc2)[C@H]2OC(c3ccccc3)OCC2O1. The van der Waals surface area contributed by atoms with Crippen LogP contribution in [-0.4, -0.2) is 24.9 Å². The summed E-state index contributed by atoms with van der Waals surface area (Å²) >= 11 is 0. The third kappa shape index (κ3) is 3.36. The van der Waals surface area contributed by atoms with Crippen LogP contribution in [0, 0.1) is 0 Å². The fourth-order valence-electron chi connectivity index (χ4n) is 2.99. The predicted octanol–water partition coefficient (Wildman–Crippen LogP) is 3.60. The molecule has 124 valence electrons. The predicted molar refractivity (Wildman–Crippen MR) is 89.0 cm³/mol. The minimum atomic E-state index is -0.384. The zero-order valence-corrected chi connectivity index (χ0v) is 13.3. The topological polar surface area (TPSA) is 36.9 Å². The molecule has 4 rings (SSSR count). The summed E-state index contributed by atoms with van der Waals surface area (Å²) in [6.45, 7) is 1.03. The second kappa shape index (κ2) is 7.18. The molecule has 1 saturated heterocycles. The van der Waals surface area contributed by atoms with Crippen molar-refractivity contribution in [3.63, 3.8) is 0 Å². The fraction of sp³-hybridized carbons (Fsp3) is 0.300. The molecule has 2 aliphatic rings. The molecule has 2 aromatic rings. The summed E-state index contributed by atoms with van der Waals surface area (Å²) in [7, 11) is 0. The van der Waals surface area contributed by atoms with Gasteiger partial charge in [0.1, 0.15) is 12.2 Å². The zero-order chi connectivity index (χ0) is 16.2. The second-order valence-electron chi connectivity index (χ2n) is 5.94. The molecule has 4 heteroatoms. The van der Waals surface area contributed by atoms with Crippen LogP contribution in [0.4, 0.5) is 0 Å². The highest BCUT2D eigenvalue weighted by Gasteiger charge is 2.40. The summed E-state index contributed by atoms with van der Waals surface area (Å²) in [5, 5.41) is 0. The van der Waals surface area contributed by atoms with E-state index in [4.69, 9.17) is 18.9 Å². The number of hydrogen-bond acceptors (Lipinski definition) is 4. The van der Waals surface area contributed by atoms with E-state index in [1.807, 2.05) is 54.6 Å². The monoisotopic (exact) mass is 324 g/mol. The maximum Gasteiger partial charge on any atom is 0.184 e. The number of rotatable bonds is 4. The zero-order valence-electron chi connectivity index (χ0n) is 13.3. The molecular weight excluding hydrogens is 304 g/mol. The molecule has 0 spiro atoms. The Morgan fingerprint density at radius 1 is 0.958 bits per heavy atom. The Hall–Kier alpha value is -2.14. The molecular formula is C20H20O4. The number of ether oxygens (including phenoxy) is 4. The van der Waals surface area contributed by atoms with E-state index in [0.29, 0.717) is 13.2 Å². The van der Waals surface area contributed by atoms with Gasteiger partial charge in [-0.1, -0.05) is 60.7 Å². The van der Waals surface area contributed by atoms with Gasteiger partial charge in [0, 0.05) is 5.56 Å². The van der Waals surface area contributed by atoms with Crippen molar-refractivity contribution in [2.45, 2.75) is 31.2 Å². The van der Waals surface area contributed by atoms with Crippen LogP contribution in [0.25, 0.3) is 0 Å². The maximum atomic E-state index is 6.15. The third-order valence-electron chi connectivity index (χ3n) is 4.26. The van der Waals surface area contributed by atoms with Crippen molar-refractivity contribution in [1.82, 2.24) is 0 Å². The van der Waals surface area contributed by atoms with Gasteiger partial charge in [0.25, 0.3) is 0 Å². The first-order chi connectivity index (χ1) is 11.9. The van der Waals surface area contributed by atoms with Crippen LogP contribution < -0.4 is 0 Å². The van der Waals surface area contributed by atoms with E-state index in [2.05, 4.69) is 12.1 Å². The Bertz CT molecular complexity index is 671. The smallest absolute Gasteiger partial charge is 0.184 e. The number of hydrogen-bond donors (Lipinski definition) is 0. The number of benzene rings is 2. The molecule has 2 aliphatic heterocycles. The fourth-order valence-corrected chi connectivity index (χ4v) is 2.99. The Kier molecular flexibility index (Phi) is 4.60. The van der Waals surface area contributed by atoms with Gasteiger partial charge in [-0.15, -0.1) is 0 Å². The van der Waals surface area contributed by atoms with E-state index in [-0.39, 0.29) is 24.6 Å². The van der Waals surface area contributed by atoms with Crippen molar-refractivity contribution in [3.8, 4) is 0 Å². The van der Waals surface area contributed by atoms with E-state index < -0.39 is 0 Å². The average Bonchev–Trinajstić information content (AvgIpc) is 2.67. The first-order valence-corrected chi connectivity index (χ1v) is 8.20. The molecule has 2 unspecified atom stereocenters. The molecule has 0 radical (unpaired) electrons. The molecule has 1 fully saturated rings. The molecule has 2 heterocycles. The van der Waals surface area contributed by atoms with Crippen LogP contribution in [0.5, 0.6) is 0 Å². The first-order valence-electron chi connectivity index (χ1n) is 8.20. The summed E-state index contributed by atoms with van der Waals surface area (Å²) in [6.07, 6.45) is 2.74. The van der Waals surface area contributed by atoms with Gasteiger partial charge < -0.3 is 18.9 Å². The Labute approximate surface area is 141 Å². The van der Waals surface area contributed by atoms with Gasteiger partial charge in [-0.2, -0.15) is 0 Å². The van der Waals surface area contributed by atoms with Gasteiger partial charge >= 0.3 is 0 Å². The van der Waals surface area contributed by atoms with Crippen molar-refractivity contribution in [1.29, 1.82) is 0 Å². The highest BCUT2D eigenvalue weighted by Crippen LogP contribution is 2.32. The van der Waals surface area contributed by atoms with Crippen LogP contribution in [0.2, 0.25) is 0 Å². The van der Waals surface area contributed by atoms with Crippen molar-refractivity contribution in [3.05, 3.63) is 84.1 Å². The van der Waals surface area contributed by atoms with Crippen LogP contribution in [0.15, 0.2) is 73.0 Å². The standard InChI is InChI=1S/C20H20O4/c1-3-7-15(8-4-1)13-22-17-11-12-21-18-14-23-20(24-19(17)18)16-9-5-2-6-10-16/h1-12,17-20H,13-14H2/t17-,18?,19+,20?/m0/s1. The Morgan fingerprint density at radius 2 is 1.71 bits per heavy atom.